The molecule has 1 amide bonds. The van der Waals surface area contributed by atoms with Crippen LogP contribution in [0.4, 0.5) is 0 Å². The fourth-order valence-corrected chi connectivity index (χ4v) is 2.98. The number of hydrogen-bond donors (Lipinski definition) is 1. The van der Waals surface area contributed by atoms with Crippen LogP contribution in [-0.2, 0) is 0 Å². The maximum atomic E-state index is 12.6. The van der Waals surface area contributed by atoms with E-state index in [1.807, 2.05) is 79.7 Å². The first-order valence-corrected chi connectivity index (χ1v) is 8.80. The molecule has 3 aromatic carbocycles. The lowest BCUT2D eigenvalue weighted by Crippen LogP contribution is -2.26. The minimum absolute atomic E-state index is 0.132. The third kappa shape index (κ3) is 4.29. The van der Waals surface area contributed by atoms with E-state index in [9.17, 15) is 4.79 Å². The second-order valence-corrected chi connectivity index (χ2v) is 6.25. The Hall–Kier alpha value is -3.27. The molecule has 27 heavy (non-hydrogen) atoms. The van der Waals surface area contributed by atoms with Gasteiger partial charge in [0, 0.05) is 11.1 Å². The molecule has 1 N–H and O–H groups in total. The number of nitrogens with one attached hydrogen (secondary N) is 1. The van der Waals surface area contributed by atoms with Gasteiger partial charge in [0.1, 0.15) is 11.5 Å². The molecule has 0 bridgehead atoms. The Kier molecular flexibility index (Phi) is 5.77. The van der Waals surface area contributed by atoms with Crippen molar-refractivity contribution in [1.82, 2.24) is 5.32 Å². The maximum Gasteiger partial charge on any atom is 0.251 e. The molecule has 3 aromatic rings. The molecule has 0 saturated heterocycles. The quantitative estimate of drug-likeness (QED) is 0.682. The van der Waals surface area contributed by atoms with Crippen LogP contribution in [-0.4, -0.2) is 20.1 Å². The maximum absolute atomic E-state index is 12.6. The summed E-state index contributed by atoms with van der Waals surface area (Å²) in [5.74, 6) is 1.30. The van der Waals surface area contributed by atoms with E-state index in [4.69, 9.17) is 9.47 Å². The molecule has 0 radical (unpaired) electrons. The van der Waals surface area contributed by atoms with Gasteiger partial charge in [-0.25, -0.2) is 0 Å². The normalized spacial score (nSPS) is 11.5. The third-order valence-corrected chi connectivity index (χ3v) is 4.51. The fraction of sp³-hybridized carbons (Fsp3) is 0.174. The molecule has 0 heterocycles. The van der Waals surface area contributed by atoms with Gasteiger partial charge in [-0.3, -0.25) is 4.79 Å². The lowest BCUT2D eigenvalue weighted by atomic mass is 10.0. The molecule has 0 fully saturated rings. The van der Waals surface area contributed by atoms with Crippen molar-refractivity contribution in [2.45, 2.75) is 13.0 Å². The Labute approximate surface area is 159 Å². The molecular formula is C23H23NO3. The average Bonchev–Trinajstić information content (AvgIpc) is 2.73. The van der Waals surface area contributed by atoms with E-state index < -0.39 is 0 Å². The van der Waals surface area contributed by atoms with Gasteiger partial charge in [0.15, 0.2) is 0 Å². The number of rotatable bonds is 6. The summed E-state index contributed by atoms with van der Waals surface area (Å²) in [5.41, 5.74) is 3.68. The van der Waals surface area contributed by atoms with Crippen LogP contribution in [0.3, 0.4) is 0 Å². The lowest BCUT2D eigenvalue weighted by molar-refractivity contribution is 0.0939. The van der Waals surface area contributed by atoms with E-state index in [1.54, 1.807) is 14.2 Å². The molecule has 4 nitrogen and oxygen atoms in total. The second-order valence-electron chi connectivity index (χ2n) is 6.25. The van der Waals surface area contributed by atoms with E-state index in [-0.39, 0.29) is 11.9 Å². The van der Waals surface area contributed by atoms with Gasteiger partial charge in [-0.1, -0.05) is 42.5 Å². The Bertz CT molecular complexity index is 905. The Morgan fingerprint density at radius 3 is 2.15 bits per heavy atom. The SMILES string of the molecule is COc1ccc(OC)c([C@@H](C)NC(=O)c2ccc(-c3ccccc3)cc2)c1. The molecule has 0 aliphatic rings. The molecular weight excluding hydrogens is 338 g/mol. The van der Waals surface area contributed by atoms with Crippen molar-refractivity contribution in [3.63, 3.8) is 0 Å². The zero-order valence-electron chi connectivity index (χ0n) is 15.7. The van der Waals surface area contributed by atoms with Gasteiger partial charge in [0.25, 0.3) is 5.91 Å². The summed E-state index contributed by atoms with van der Waals surface area (Å²) in [5, 5.41) is 3.02. The van der Waals surface area contributed by atoms with Gasteiger partial charge < -0.3 is 14.8 Å². The molecule has 3 rings (SSSR count). The van der Waals surface area contributed by atoms with Gasteiger partial charge in [-0.15, -0.1) is 0 Å². The Morgan fingerprint density at radius 1 is 0.852 bits per heavy atom. The van der Waals surface area contributed by atoms with Crippen LogP contribution in [0.2, 0.25) is 0 Å². The van der Waals surface area contributed by atoms with Crippen molar-refractivity contribution in [3.8, 4) is 22.6 Å². The van der Waals surface area contributed by atoms with Crippen molar-refractivity contribution in [1.29, 1.82) is 0 Å². The summed E-state index contributed by atoms with van der Waals surface area (Å²) >= 11 is 0. The predicted molar refractivity (Wildman–Crippen MR) is 107 cm³/mol. The number of amides is 1. The zero-order valence-corrected chi connectivity index (χ0v) is 15.7. The van der Waals surface area contributed by atoms with Gasteiger partial charge in [0.05, 0.1) is 20.3 Å². The Balaban J connectivity index is 1.75. The Morgan fingerprint density at radius 2 is 1.52 bits per heavy atom. The smallest absolute Gasteiger partial charge is 0.251 e. The van der Waals surface area contributed by atoms with Crippen molar-refractivity contribution in [2.75, 3.05) is 14.2 Å². The number of hydrogen-bond acceptors (Lipinski definition) is 3. The number of methoxy groups -OCH3 is 2. The minimum atomic E-state index is -0.226. The highest BCUT2D eigenvalue weighted by molar-refractivity contribution is 5.95. The second kappa shape index (κ2) is 8.41. The molecule has 0 unspecified atom stereocenters. The highest BCUT2D eigenvalue weighted by Crippen LogP contribution is 2.29. The van der Waals surface area contributed by atoms with E-state index >= 15 is 0 Å². The molecule has 0 aliphatic heterocycles. The van der Waals surface area contributed by atoms with Crippen LogP contribution in [0.25, 0.3) is 11.1 Å². The summed E-state index contributed by atoms with van der Waals surface area (Å²) in [7, 11) is 3.23. The molecule has 0 spiro atoms. The predicted octanol–water partition coefficient (Wildman–Crippen LogP) is 4.86. The number of carbonyl (C=O) groups excluding carboxylic acids is 1. The zero-order chi connectivity index (χ0) is 19.2. The first kappa shape index (κ1) is 18.5. The molecule has 4 heteroatoms. The van der Waals surface area contributed by atoms with E-state index in [0.29, 0.717) is 11.3 Å². The van der Waals surface area contributed by atoms with Crippen molar-refractivity contribution in [3.05, 3.63) is 83.9 Å². The largest absolute Gasteiger partial charge is 0.497 e. The third-order valence-electron chi connectivity index (χ3n) is 4.51. The number of carbonyl (C=O) groups is 1. The van der Waals surface area contributed by atoms with Crippen molar-refractivity contribution in [2.24, 2.45) is 0 Å². The highest BCUT2D eigenvalue weighted by atomic mass is 16.5. The van der Waals surface area contributed by atoms with Crippen LogP contribution in [0.15, 0.2) is 72.8 Å². The molecule has 1 atom stereocenters. The number of benzene rings is 3. The monoisotopic (exact) mass is 361 g/mol. The highest BCUT2D eigenvalue weighted by Gasteiger charge is 2.16. The average molecular weight is 361 g/mol. The molecule has 0 aliphatic carbocycles. The van der Waals surface area contributed by atoms with Gasteiger partial charge in [-0.05, 0) is 48.4 Å². The van der Waals surface area contributed by atoms with Crippen molar-refractivity contribution >= 4 is 5.91 Å². The summed E-state index contributed by atoms with van der Waals surface area (Å²) in [6.45, 7) is 1.92. The van der Waals surface area contributed by atoms with Crippen LogP contribution in [0, 0.1) is 0 Å². The van der Waals surface area contributed by atoms with Gasteiger partial charge in [0.2, 0.25) is 0 Å². The van der Waals surface area contributed by atoms with E-state index in [0.717, 1.165) is 22.4 Å². The van der Waals surface area contributed by atoms with Crippen molar-refractivity contribution < 1.29 is 14.3 Å². The first-order chi connectivity index (χ1) is 13.1. The van der Waals surface area contributed by atoms with Gasteiger partial charge >= 0.3 is 0 Å². The van der Waals surface area contributed by atoms with Crippen LogP contribution in [0.5, 0.6) is 11.5 Å². The molecule has 0 aromatic heterocycles. The topological polar surface area (TPSA) is 47.6 Å². The van der Waals surface area contributed by atoms with Crippen LogP contribution in [0.1, 0.15) is 28.9 Å². The summed E-state index contributed by atoms with van der Waals surface area (Å²) < 4.78 is 10.7. The summed E-state index contributed by atoms with van der Waals surface area (Å²) in [4.78, 5) is 12.6. The minimum Gasteiger partial charge on any atom is -0.497 e. The van der Waals surface area contributed by atoms with Crippen LogP contribution >= 0.6 is 0 Å². The van der Waals surface area contributed by atoms with E-state index in [2.05, 4.69) is 5.32 Å². The molecule has 0 saturated carbocycles. The standard InChI is InChI=1S/C23H23NO3/c1-16(21-15-20(26-2)13-14-22(21)27-3)24-23(25)19-11-9-18(10-12-19)17-7-5-4-6-8-17/h4-16H,1-3H3,(H,24,25)/t16-/m1/s1. The number of ether oxygens (including phenoxy) is 2. The van der Waals surface area contributed by atoms with Crippen LogP contribution < -0.4 is 14.8 Å². The van der Waals surface area contributed by atoms with Gasteiger partial charge in [-0.2, -0.15) is 0 Å². The lowest BCUT2D eigenvalue weighted by Gasteiger charge is -2.18. The summed E-state index contributed by atoms with van der Waals surface area (Å²) in [6, 6.07) is 23.0. The first-order valence-electron chi connectivity index (χ1n) is 8.80. The summed E-state index contributed by atoms with van der Waals surface area (Å²) in [6.07, 6.45) is 0. The molecule has 138 valence electrons. The fourth-order valence-electron chi connectivity index (χ4n) is 2.98. The van der Waals surface area contributed by atoms with E-state index in [1.165, 1.54) is 0 Å².